The summed E-state index contributed by atoms with van der Waals surface area (Å²) in [5, 5.41) is 6.61. The summed E-state index contributed by atoms with van der Waals surface area (Å²) < 4.78 is 1.29. The maximum atomic E-state index is 12.1. The molecule has 0 fully saturated rings. The average molecular weight is 257 g/mol. The number of nitrogens with zero attached hydrogens (tertiary/aromatic N) is 2. The number of nitrogens with one attached hydrogen (secondary N) is 1. The van der Waals surface area contributed by atoms with Crippen molar-refractivity contribution in [2.45, 2.75) is 13.5 Å². The van der Waals surface area contributed by atoms with Crippen molar-refractivity contribution < 1.29 is 4.79 Å². The van der Waals surface area contributed by atoms with E-state index in [2.05, 4.69) is 10.4 Å². The third-order valence-corrected chi connectivity index (χ3v) is 2.67. The first-order valence-electron chi connectivity index (χ1n) is 6.10. The molecule has 0 atom stereocenters. The lowest BCUT2D eigenvalue weighted by atomic mass is 10.2. The molecule has 1 aromatic heterocycles. The van der Waals surface area contributed by atoms with Gasteiger partial charge in [-0.2, -0.15) is 5.10 Å². The van der Waals surface area contributed by atoms with Crippen molar-refractivity contribution in [2.75, 3.05) is 6.54 Å². The minimum absolute atomic E-state index is 0.118. The zero-order valence-corrected chi connectivity index (χ0v) is 10.7. The van der Waals surface area contributed by atoms with E-state index in [1.807, 2.05) is 37.3 Å². The van der Waals surface area contributed by atoms with E-state index in [1.165, 1.54) is 16.9 Å². The number of amides is 1. The molecule has 19 heavy (non-hydrogen) atoms. The lowest BCUT2D eigenvalue weighted by Crippen LogP contribution is -2.34. The van der Waals surface area contributed by atoms with Crippen LogP contribution in [0.4, 0.5) is 0 Å². The molecule has 5 heteroatoms. The van der Waals surface area contributed by atoms with E-state index in [0.717, 1.165) is 5.56 Å². The van der Waals surface area contributed by atoms with Crippen molar-refractivity contribution in [3.05, 3.63) is 64.1 Å². The number of hydrogen-bond donors (Lipinski definition) is 1. The van der Waals surface area contributed by atoms with E-state index >= 15 is 0 Å². The van der Waals surface area contributed by atoms with Crippen molar-refractivity contribution in [1.29, 1.82) is 0 Å². The van der Waals surface area contributed by atoms with Crippen molar-refractivity contribution in [2.24, 2.45) is 0 Å². The van der Waals surface area contributed by atoms with Crippen molar-refractivity contribution in [3.63, 3.8) is 0 Å². The Hall–Kier alpha value is -2.43. The molecule has 0 radical (unpaired) electrons. The second-order valence-electron chi connectivity index (χ2n) is 4.05. The molecule has 0 aliphatic heterocycles. The third-order valence-electron chi connectivity index (χ3n) is 2.67. The minimum Gasteiger partial charge on any atom is -0.352 e. The highest BCUT2D eigenvalue weighted by atomic mass is 16.2. The molecule has 0 saturated heterocycles. The van der Waals surface area contributed by atoms with Crippen LogP contribution in [0.5, 0.6) is 0 Å². The maximum Gasteiger partial charge on any atom is 0.279 e. The van der Waals surface area contributed by atoms with Crippen LogP contribution in [0.1, 0.15) is 22.8 Å². The molecule has 5 nitrogen and oxygen atoms in total. The highest BCUT2D eigenvalue weighted by molar-refractivity contribution is 5.93. The third kappa shape index (κ3) is 3.07. The first-order chi connectivity index (χ1) is 9.22. The van der Waals surface area contributed by atoms with Gasteiger partial charge in [0.15, 0.2) is 0 Å². The van der Waals surface area contributed by atoms with Crippen LogP contribution < -0.4 is 10.9 Å². The summed E-state index contributed by atoms with van der Waals surface area (Å²) in [6, 6.07) is 11.0. The number of rotatable bonds is 4. The van der Waals surface area contributed by atoms with Gasteiger partial charge in [0.05, 0.1) is 6.54 Å². The monoisotopic (exact) mass is 257 g/mol. The van der Waals surface area contributed by atoms with Gasteiger partial charge in [0, 0.05) is 12.7 Å². The molecule has 2 rings (SSSR count). The van der Waals surface area contributed by atoms with Crippen LogP contribution in [0, 0.1) is 0 Å². The molecular weight excluding hydrogens is 242 g/mol. The quantitative estimate of drug-likeness (QED) is 0.890. The van der Waals surface area contributed by atoms with Gasteiger partial charge in [-0.3, -0.25) is 9.59 Å². The Morgan fingerprint density at radius 2 is 2.00 bits per heavy atom. The van der Waals surface area contributed by atoms with Gasteiger partial charge in [-0.15, -0.1) is 0 Å². The van der Waals surface area contributed by atoms with Crippen LogP contribution in [0.2, 0.25) is 0 Å². The summed E-state index contributed by atoms with van der Waals surface area (Å²) in [4.78, 5) is 23.8. The van der Waals surface area contributed by atoms with E-state index in [9.17, 15) is 9.59 Å². The van der Waals surface area contributed by atoms with Crippen molar-refractivity contribution in [3.8, 4) is 0 Å². The maximum absolute atomic E-state index is 12.1. The first-order valence-corrected chi connectivity index (χ1v) is 6.10. The fraction of sp³-hybridized carbons (Fsp3) is 0.214. The van der Waals surface area contributed by atoms with Crippen LogP contribution in [-0.2, 0) is 6.54 Å². The SMILES string of the molecule is CCNC(=O)c1ccnn(Cc2ccccc2)c1=O. The molecule has 0 saturated carbocycles. The Labute approximate surface area is 110 Å². The number of benzene rings is 1. The average Bonchev–Trinajstić information content (AvgIpc) is 2.42. The molecule has 98 valence electrons. The van der Waals surface area contributed by atoms with Crippen LogP contribution >= 0.6 is 0 Å². The predicted octanol–water partition coefficient (Wildman–Crippen LogP) is 1.04. The molecule has 0 aliphatic carbocycles. The second-order valence-corrected chi connectivity index (χ2v) is 4.05. The second kappa shape index (κ2) is 5.95. The highest BCUT2D eigenvalue weighted by Crippen LogP contribution is 2.00. The van der Waals surface area contributed by atoms with Gasteiger partial charge in [0.1, 0.15) is 5.56 Å². The topological polar surface area (TPSA) is 64.0 Å². The van der Waals surface area contributed by atoms with Crippen molar-refractivity contribution in [1.82, 2.24) is 15.1 Å². The van der Waals surface area contributed by atoms with E-state index < -0.39 is 0 Å². The van der Waals surface area contributed by atoms with Crippen LogP contribution in [0.3, 0.4) is 0 Å². The molecule has 0 unspecified atom stereocenters. The Morgan fingerprint density at radius 3 is 2.68 bits per heavy atom. The normalized spacial score (nSPS) is 10.2. The fourth-order valence-corrected chi connectivity index (χ4v) is 1.75. The van der Waals surface area contributed by atoms with Crippen LogP contribution in [0.15, 0.2) is 47.4 Å². The number of carbonyl (C=O) groups excluding carboxylic acids is 1. The summed E-state index contributed by atoms with van der Waals surface area (Å²) >= 11 is 0. The Kier molecular flexibility index (Phi) is 4.07. The summed E-state index contributed by atoms with van der Waals surface area (Å²) in [7, 11) is 0. The number of hydrogen-bond acceptors (Lipinski definition) is 3. The smallest absolute Gasteiger partial charge is 0.279 e. The molecule has 1 aromatic carbocycles. The fourth-order valence-electron chi connectivity index (χ4n) is 1.75. The Balaban J connectivity index is 2.30. The lowest BCUT2D eigenvalue weighted by Gasteiger charge is -2.06. The molecule has 1 amide bonds. The van der Waals surface area contributed by atoms with E-state index in [-0.39, 0.29) is 17.0 Å². The first kappa shape index (κ1) is 13.0. The molecule has 2 aromatic rings. The summed E-state index contributed by atoms with van der Waals surface area (Å²) in [5.41, 5.74) is 0.704. The van der Waals surface area contributed by atoms with Gasteiger partial charge in [0.25, 0.3) is 11.5 Å². The largest absolute Gasteiger partial charge is 0.352 e. The summed E-state index contributed by atoms with van der Waals surface area (Å²) in [5.74, 6) is -0.364. The Morgan fingerprint density at radius 1 is 1.26 bits per heavy atom. The molecule has 1 N–H and O–H groups in total. The van der Waals surface area contributed by atoms with Gasteiger partial charge < -0.3 is 5.32 Å². The highest BCUT2D eigenvalue weighted by Gasteiger charge is 2.11. The van der Waals surface area contributed by atoms with E-state index in [4.69, 9.17) is 0 Å². The van der Waals surface area contributed by atoms with Crippen LogP contribution in [0.25, 0.3) is 0 Å². The minimum atomic E-state index is -0.377. The summed E-state index contributed by atoms with van der Waals surface area (Å²) in [6.45, 7) is 2.65. The van der Waals surface area contributed by atoms with Gasteiger partial charge in [0.2, 0.25) is 0 Å². The van der Waals surface area contributed by atoms with Crippen molar-refractivity contribution >= 4 is 5.91 Å². The van der Waals surface area contributed by atoms with E-state index in [0.29, 0.717) is 13.1 Å². The van der Waals surface area contributed by atoms with Gasteiger partial charge in [-0.25, -0.2) is 4.68 Å². The predicted molar refractivity (Wildman–Crippen MR) is 72.0 cm³/mol. The molecule has 0 aliphatic rings. The van der Waals surface area contributed by atoms with Crippen LogP contribution in [-0.4, -0.2) is 22.2 Å². The van der Waals surface area contributed by atoms with E-state index in [1.54, 1.807) is 0 Å². The number of carbonyl (C=O) groups is 1. The van der Waals surface area contributed by atoms with Gasteiger partial charge >= 0.3 is 0 Å². The standard InChI is InChI=1S/C14H15N3O2/c1-2-15-13(18)12-8-9-16-17(14(12)19)10-11-6-4-3-5-7-11/h3-9H,2,10H2,1H3,(H,15,18). The van der Waals surface area contributed by atoms with Gasteiger partial charge in [-0.05, 0) is 18.6 Å². The Bertz CT molecular complexity index is 620. The molecule has 1 heterocycles. The van der Waals surface area contributed by atoms with Gasteiger partial charge in [-0.1, -0.05) is 30.3 Å². The lowest BCUT2D eigenvalue weighted by molar-refractivity contribution is 0.0953. The molecule has 0 spiro atoms. The molecule has 0 bridgehead atoms. The summed E-state index contributed by atoms with van der Waals surface area (Å²) in [6.07, 6.45) is 1.47. The zero-order chi connectivity index (χ0) is 13.7. The number of aromatic nitrogens is 2. The zero-order valence-electron chi connectivity index (χ0n) is 10.7. The molecular formula is C14H15N3O2.